The molecule has 0 saturated carbocycles. The second-order valence-electron chi connectivity index (χ2n) is 4.74. The van der Waals surface area contributed by atoms with Crippen LogP contribution in [-0.4, -0.2) is 23.0 Å². The molecule has 0 aliphatic heterocycles. The molecular weight excluding hydrogens is 272 g/mol. The molecular formula is C15H16N2O4. The molecule has 6 heteroatoms. The maximum absolute atomic E-state index is 11.6. The molecule has 0 spiro atoms. The number of hydrogen-bond acceptors (Lipinski definition) is 5. The summed E-state index contributed by atoms with van der Waals surface area (Å²) in [6, 6.07) is 7.67. The highest BCUT2D eigenvalue weighted by molar-refractivity contribution is 5.89. The summed E-state index contributed by atoms with van der Waals surface area (Å²) in [5.74, 6) is 0.924. The van der Waals surface area contributed by atoms with Crippen LogP contribution in [0.1, 0.15) is 35.9 Å². The number of rotatable bonds is 4. The number of benzene rings is 1. The number of carbonyl (C=O) groups excluding carboxylic acids is 1. The quantitative estimate of drug-likeness (QED) is 0.874. The fourth-order valence-electron chi connectivity index (χ4n) is 1.68. The summed E-state index contributed by atoms with van der Waals surface area (Å²) >= 11 is 0. The first-order chi connectivity index (χ1) is 9.99. The first kappa shape index (κ1) is 14.8. The Bertz CT molecular complexity index is 690. The van der Waals surface area contributed by atoms with E-state index in [0.717, 1.165) is 0 Å². The van der Waals surface area contributed by atoms with Crippen molar-refractivity contribution in [3.05, 3.63) is 52.1 Å². The van der Waals surface area contributed by atoms with Gasteiger partial charge in [0.05, 0.1) is 18.7 Å². The van der Waals surface area contributed by atoms with E-state index in [1.165, 1.54) is 13.2 Å². The second kappa shape index (κ2) is 6.21. The van der Waals surface area contributed by atoms with Crippen LogP contribution in [0.3, 0.4) is 0 Å². The van der Waals surface area contributed by atoms with Crippen molar-refractivity contribution < 1.29 is 14.3 Å². The fourth-order valence-corrected chi connectivity index (χ4v) is 1.68. The van der Waals surface area contributed by atoms with Gasteiger partial charge in [0, 0.05) is 5.92 Å². The van der Waals surface area contributed by atoms with E-state index in [-0.39, 0.29) is 17.4 Å². The predicted molar refractivity (Wildman–Crippen MR) is 76.8 cm³/mol. The van der Waals surface area contributed by atoms with Crippen molar-refractivity contribution in [1.82, 2.24) is 9.97 Å². The van der Waals surface area contributed by atoms with Crippen molar-refractivity contribution in [2.45, 2.75) is 19.8 Å². The molecule has 2 aromatic rings. The number of hydrogen-bond donors (Lipinski definition) is 1. The zero-order valence-electron chi connectivity index (χ0n) is 12.0. The lowest BCUT2D eigenvalue weighted by molar-refractivity contribution is 0.0600. The number of esters is 1. The number of methoxy groups -OCH3 is 1. The highest BCUT2D eigenvalue weighted by Crippen LogP contribution is 2.20. The molecule has 0 unspecified atom stereocenters. The standard InChI is InChI=1S/C15H16N2O4/c1-9(2)14-16-12(18)8-13(17-14)21-11-6-4-10(5-7-11)15(19)20-3/h4-9H,1-3H3,(H,16,17,18). The van der Waals surface area contributed by atoms with Crippen molar-refractivity contribution in [2.75, 3.05) is 7.11 Å². The largest absolute Gasteiger partial charge is 0.465 e. The van der Waals surface area contributed by atoms with Crippen molar-refractivity contribution in [3.8, 4) is 11.6 Å². The number of aromatic amines is 1. The Morgan fingerprint density at radius 2 is 1.90 bits per heavy atom. The minimum Gasteiger partial charge on any atom is -0.465 e. The van der Waals surface area contributed by atoms with Crippen molar-refractivity contribution in [3.63, 3.8) is 0 Å². The van der Waals surface area contributed by atoms with Gasteiger partial charge in [-0.05, 0) is 24.3 Å². The Kier molecular flexibility index (Phi) is 4.37. The molecule has 6 nitrogen and oxygen atoms in total. The van der Waals surface area contributed by atoms with E-state index in [2.05, 4.69) is 14.7 Å². The van der Waals surface area contributed by atoms with Gasteiger partial charge in [0.25, 0.3) is 5.56 Å². The van der Waals surface area contributed by atoms with Crippen LogP contribution in [0.2, 0.25) is 0 Å². The van der Waals surface area contributed by atoms with Crippen LogP contribution in [0.15, 0.2) is 35.1 Å². The summed E-state index contributed by atoms with van der Waals surface area (Å²) in [6.07, 6.45) is 0. The zero-order chi connectivity index (χ0) is 15.4. The minimum absolute atomic E-state index is 0.0861. The summed E-state index contributed by atoms with van der Waals surface area (Å²) < 4.78 is 10.1. The van der Waals surface area contributed by atoms with Gasteiger partial charge in [0.2, 0.25) is 5.88 Å². The normalized spacial score (nSPS) is 10.5. The Hall–Kier alpha value is -2.63. The number of H-pyrrole nitrogens is 1. The van der Waals surface area contributed by atoms with E-state index in [4.69, 9.17) is 4.74 Å². The molecule has 0 radical (unpaired) electrons. The van der Waals surface area contributed by atoms with Gasteiger partial charge in [0.1, 0.15) is 11.6 Å². The third-order valence-electron chi connectivity index (χ3n) is 2.78. The Labute approximate surface area is 121 Å². The molecule has 1 aromatic heterocycles. The molecule has 0 aliphatic carbocycles. The molecule has 110 valence electrons. The smallest absolute Gasteiger partial charge is 0.337 e. The lowest BCUT2D eigenvalue weighted by Gasteiger charge is -2.08. The lowest BCUT2D eigenvalue weighted by Crippen LogP contribution is -2.11. The van der Waals surface area contributed by atoms with E-state index in [1.807, 2.05) is 13.8 Å². The molecule has 2 rings (SSSR count). The number of nitrogens with one attached hydrogen (secondary N) is 1. The van der Waals surface area contributed by atoms with Crippen LogP contribution in [-0.2, 0) is 4.74 Å². The summed E-state index contributed by atoms with van der Waals surface area (Å²) in [6.45, 7) is 3.85. The van der Waals surface area contributed by atoms with Crippen LogP contribution in [0, 0.1) is 0 Å². The fraction of sp³-hybridized carbons (Fsp3) is 0.267. The van der Waals surface area contributed by atoms with Crippen LogP contribution in [0.4, 0.5) is 0 Å². The Morgan fingerprint density at radius 3 is 2.48 bits per heavy atom. The highest BCUT2D eigenvalue weighted by atomic mass is 16.5. The molecule has 21 heavy (non-hydrogen) atoms. The van der Waals surface area contributed by atoms with E-state index in [9.17, 15) is 9.59 Å². The van der Waals surface area contributed by atoms with Gasteiger partial charge >= 0.3 is 5.97 Å². The zero-order valence-corrected chi connectivity index (χ0v) is 12.0. The van der Waals surface area contributed by atoms with E-state index >= 15 is 0 Å². The van der Waals surface area contributed by atoms with E-state index in [0.29, 0.717) is 17.1 Å². The molecule has 1 heterocycles. The van der Waals surface area contributed by atoms with Crippen LogP contribution < -0.4 is 10.3 Å². The summed E-state index contributed by atoms with van der Waals surface area (Å²) in [5.41, 5.74) is 0.154. The molecule has 0 aliphatic rings. The van der Waals surface area contributed by atoms with Crippen LogP contribution >= 0.6 is 0 Å². The van der Waals surface area contributed by atoms with Crippen LogP contribution in [0.25, 0.3) is 0 Å². The molecule has 0 saturated heterocycles. The van der Waals surface area contributed by atoms with Gasteiger partial charge in [-0.25, -0.2) is 4.79 Å². The van der Waals surface area contributed by atoms with Gasteiger partial charge in [-0.2, -0.15) is 4.98 Å². The Morgan fingerprint density at radius 1 is 1.24 bits per heavy atom. The predicted octanol–water partition coefficient (Wildman–Crippen LogP) is 2.47. The number of aromatic nitrogens is 2. The minimum atomic E-state index is -0.419. The Balaban J connectivity index is 2.22. The molecule has 0 amide bonds. The average molecular weight is 288 g/mol. The lowest BCUT2D eigenvalue weighted by atomic mass is 10.2. The summed E-state index contributed by atoms with van der Waals surface area (Å²) in [5, 5.41) is 0. The van der Waals surface area contributed by atoms with Crippen molar-refractivity contribution in [2.24, 2.45) is 0 Å². The number of carbonyl (C=O) groups is 1. The van der Waals surface area contributed by atoms with E-state index < -0.39 is 5.97 Å². The third kappa shape index (κ3) is 3.68. The monoisotopic (exact) mass is 288 g/mol. The van der Waals surface area contributed by atoms with Crippen molar-refractivity contribution >= 4 is 5.97 Å². The van der Waals surface area contributed by atoms with Gasteiger partial charge in [-0.15, -0.1) is 0 Å². The maximum Gasteiger partial charge on any atom is 0.337 e. The highest BCUT2D eigenvalue weighted by Gasteiger charge is 2.08. The number of nitrogens with zero attached hydrogens (tertiary/aromatic N) is 1. The molecule has 1 aromatic carbocycles. The summed E-state index contributed by atoms with van der Waals surface area (Å²) in [4.78, 5) is 29.8. The molecule has 0 bridgehead atoms. The first-order valence-corrected chi connectivity index (χ1v) is 6.47. The molecule has 1 N–H and O–H groups in total. The SMILES string of the molecule is COC(=O)c1ccc(Oc2cc(=O)[nH]c(C(C)C)n2)cc1. The van der Waals surface area contributed by atoms with Gasteiger partial charge in [-0.3, -0.25) is 4.79 Å². The van der Waals surface area contributed by atoms with Crippen molar-refractivity contribution in [1.29, 1.82) is 0 Å². The molecule has 0 fully saturated rings. The first-order valence-electron chi connectivity index (χ1n) is 6.47. The van der Waals surface area contributed by atoms with E-state index in [1.54, 1.807) is 24.3 Å². The molecule has 0 atom stereocenters. The summed E-state index contributed by atoms with van der Waals surface area (Å²) in [7, 11) is 1.32. The van der Waals surface area contributed by atoms with Gasteiger partial charge in [-0.1, -0.05) is 13.8 Å². The number of ether oxygens (including phenoxy) is 2. The average Bonchev–Trinajstić information content (AvgIpc) is 2.46. The van der Waals surface area contributed by atoms with Gasteiger partial charge < -0.3 is 14.5 Å². The van der Waals surface area contributed by atoms with Gasteiger partial charge in [0.15, 0.2) is 0 Å². The van der Waals surface area contributed by atoms with Crippen LogP contribution in [0.5, 0.6) is 11.6 Å². The maximum atomic E-state index is 11.6. The second-order valence-corrected chi connectivity index (χ2v) is 4.74. The topological polar surface area (TPSA) is 81.3 Å². The third-order valence-corrected chi connectivity index (χ3v) is 2.78.